The van der Waals surface area contributed by atoms with E-state index in [1.807, 2.05) is 6.92 Å². The van der Waals surface area contributed by atoms with Crippen LogP contribution in [0.3, 0.4) is 0 Å². The van der Waals surface area contributed by atoms with Crippen molar-refractivity contribution in [3.05, 3.63) is 40.4 Å². The second-order valence-corrected chi connectivity index (χ2v) is 5.00. The summed E-state index contributed by atoms with van der Waals surface area (Å²) < 4.78 is 43.0. The molecule has 0 radical (unpaired) electrons. The van der Waals surface area contributed by atoms with Crippen molar-refractivity contribution in [2.24, 2.45) is 0 Å². The summed E-state index contributed by atoms with van der Waals surface area (Å²) >= 11 is 3.23. The molecule has 20 heavy (non-hydrogen) atoms. The lowest BCUT2D eigenvalue weighted by molar-refractivity contribution is -0.165. The summed E-state index contributed by atoms with van der Waals surface area (Å²) in [4.78, 5) is 11.1. The van der Waals surface area contributed by atoms with E-state index in [4.69, 9.17) is 4.74 Å². The van der Waals surface area contributed by atoms with E-state index in [1.165, 1.54) is 0 Å². The van der Waals surface area contributed by atoms with Crippen molar-refractivity contribution in [3.63, 3.8) is 0 Å². The fraction of sp³-hybridized carbons (Fsp3) is 0.357. The third-order valence-corrected chi connectivity index (χ3v) is 2.95. The van der Waals surface area contributed by atoms with Crippen LogP contribution in [-0.2, 0) is 9.53 Å². The SMILES string of the molecule is CCCCOC(=CC(=O)C(F)(F)F)c1ccc(Br)cc1. The van der Waals surface area contributed by atoms with Gasteiger partial charge in [0.1, 0.15) is 5.76 Å². The van der Waals surface area contributed by atoms with E-state index in [9.17, 15) is 18.0 Å². The molecule has 0 aliphatic rings. The highest BCUT2D eigenvalue weighted by Crippen LogP contribution is 2.23. The van der Waals surface area contributed by atoms with Crippen LogP contribution in [0.2, 0.25) is 0 Å². The van der Waals surface area contributed by atoms with Crippen LogP contribution >= 0.6 is 15.9 Å². The number of halogens is 4. The molecule has 0 aliphatic carbocycles. The second kappa shape index (κ2) is 7.47. The van der Waals surface area contributed by atoms with Gasteiger partial charge in [0.05, 0.1) is 6.61 Å². The minimum atomic E-state index is -4.89. The van der Waals surface area contributed by atoms with Crippen LogP contribution < -0.4 is 0 Å². The molecule has 0 aliphatic heterocycles. The van der Waals surface area contributed by atoms with Gasteiger partial charge in [-0.2, -0.15) is 13.2 Å². The average Bonchev–Trinajstić information content (AvgIpc) is 2.37. The quantitative estimate of drug-likeness (QED) is 0.421. The van der Waals surface area contributed by atoms with Crippen LogP contribution in [-0.4, -0.2) is 18.6 Å². The van der Waals surface area contributed by atoms with Gasteiger partial charge in [-0.05, 0) is 18.6 Å². The molecule has 1 aromatic rings. The molecule has 2 nitrogen and oxygen atoms in total. The topological polar surface area (TPSA) is 26.3 Å². The number of rotatable bonds is 6. The van der Waals surface area contributed by atoms with Crippen molar-refractivity contribution in [3.8, 4) is 0 Å². The number of allylic oxidation sites excluding steroid dienone is 1. The highest BCUT2D eigenvalue weighted by Gasteiger charge is 2.37. The first-order valence-corrected chi connectivity index (χ1v) is 6.85. The van der Waals surface area contributed by atoms with Gasteiger partial charge in [-0.25, -0.2) is 0 Å². The largest absolute Gasteiger partial charge is 0.493 e. The minimum Gasteiger partial charge on any atom is -0.493 e. The van der Waals surface area contributed by atoms with E-state index in [0.29, 0.717) is 18.1 Å². The maximum absolute atomic E-state index is 12.3. The first kappa shape index (κ1) is 16.8. The molecule has 0 atom stereocenters. The Bertz CT molecular complexity index is 478. The molecule has 0 unspecified atom stereocenters. The molecule has 1 aromatic carbocycles. The molecule has 0 bridgehead atoms. The monoisotopic (exact) mass is 350 g/mol. The summed E-state index contributed by atoms with van der Waals surface area (Å²) in [6.45, 7) is 2.21. The summed E-state index contributed by atoms with van der Waals surface area (Å²) in [6.07, 6.45) is -2.84. The van der Waals surface area contributed by atoms with Crippen molar-refractivity contribution >= 4 is 27.5 Å². The van der Waals surface area contributed by atoms with E-state index >= 15 is 0 Å². The van der Waals surface area contributed by atoms with Gasteiger partial charge in [-0.3, -0.25) is 4.79 Å². The van der Waals surface area contributed by atoms with Gasteiger partial charge in [-0.15, -0.1) is 0 Å². The van der Waals surface area contributed by atoms with E-state index in [0.717, 1.165) is 10.9 Å². The van der Waals surface area contributed by atoms with Crippen LogP contribution in [0, 0.1) is 0 Å². The molecule has 0 heterocycles. The first-order chi connectivity index (χ1) is 9.34. The smallest absolute Gasteiger partial charge is 0.454 e. The number of hydrogen-bond donors (Lipinski definition) is 0. The van der Waals surface area contributed by atoms with Crippen LogP contribution in [0.15, 0.2) is 34.8 Å². The summed E-state index contributed by atoms with van der Waals surface area (Å²) in [5.74, 6) is -1.99. The number of benzene rings is 1. The number of carbonyl (C=O) groups is 1. The Kier molecular flexibility index (Phi) is 6.26. The van der Waals surface area contributed by atoms with E-state index in [-0.39, 0.29) is 12.4 Å². The molecule has 0 saturated carbocycles. The summed E-state index contributed by atoms with van der Waals surface area (Å²) in [5, 5.41) is 0. The van der Waals surface area contributed by atoms with Gasteiger partial charge in [0.25, 0.3) is 5.78 Å². The zero-order valence-electron chi connectivity index (χ0n) is 10.8. The molecule has 0 saturated heterocycles. The van der Waals surface area contributed by atoms with Gasteiger partial charge in [0.15, 0.2) is 0 Å². The number of ether oxygens (including phenoxy) is 1. The van der Waals surface area contributed by atoms with E-state index < -0.39 is 12.0 Å². The Balaban J connectivity index is 2.98. The Morgan fingerprint density at radius 2 is 1.90 bits per heavy atom. The Hall–Kier alpha value is -1.30. The number of unbranched alkanes of at least 4 members (excludes halogenated alkanes) is 1. The zero-order valence-corrected chi connectivity index (χ0v) is 12.4. The first-order valence-electron chi connectivity index (χ1n) is 6.06. The Labute approximate surface area is 123 Å². The molecule has 0 N–H and O–H groups in total. The molecule has 0 spiro atoms. The van der Waals surface area contributed by atoms with Gasteiger partial charge in [0.2, 0.25) is 0 Å². The number of hydrogen-bond acceptors (Lipinski definition) is 2. The van der Waals surface area contributed by atoms with Crippen molar-refractivity contribution in [1.82, 2.24) is 0 Å². The molecular formula is C14H14BrF3O2. The summed E-state index contributed by atoms with van der Waals surface area (Å²) in [5.41, 5.74) is 0.432. The second-order valence-electron chi connectivity index (χ2n) is 4.08. The molecule has 0 fully saturated rings. The molecule has 0 amide bonds. The highest BCUT2D eigenvalue weighted by atomic mass is 79.9. The van der Waals surface area contributed by atoms with Crippen molar-refractivity contribution < 1.29 is 22.7 Å². The van der Waals surface area contributed by atoms with Gasteiger partial charge in [-0.1, -0.05) is 41.4 Å². The standard InChI is InChI=1S/C14H14BrF3O2/c1-2-3-8-20-12(9-13(19)14(16,17)18)10-4-6-11(15)7-5-10/h4-7,9H,2-3,8H2,1H3. The normalized spacial score (nSPS) is 12.3. The molecular weight excluding hydrogens is 337 g/mol. The third-order valence-electron chi connectivity index (χ3n) is 2.43. The lowest BCUT2D eigenvalue weighted by atomic mass is 10.1. The molecule has 6 heteroatoms. The Morgan fingerprint density at radius 1 is 1.30 bits per heavy atom. The molecule has 1 rings (SSSR count). The number of ketones is 1. The Morgan fingerprint density at radius 3 is 2.40 bits per heavy atom. The van der Waals surface area contributed by atoms with Crippen LogP contribution in [0.5, 0.6) is 0 Å². The van der Waals surface area contributed by atoms with E-state index in [2.05, 4.69) is 15.9 Å². The zero-order chi connectivity index (χ0) is 15.2. The number of carbonyl (C=O) groups excluding carboxylic acids is 1. The van der Waals surface area contributed by atoms with E-state index in [1.54, 1.807) is 24.3 Å². The maximum Gasteiger partial charge on any atom is 0.454 e. The van der Waals surface area contributed by atoms with Gasteiger partial charge < -0.3 is 4.74 Å². The van der Waals surface area contributed by atoms with Gasteiger partial charge >= 0.3 is 6.18 Å². The van der Waals surface area contributed by atoms with Gasteiger partial charge in [0, 0.05) is 16.1 Å². The van der Waals surface area contributed by atoms with Crippen LogP contribution in [0.25, 0.3) is 5.76 Å². The number of alkyl halides is 3. The lowest BCUT2D eigenvalue weighted by Gasteiger charge is -2.11. The maximum atomic E-state index is 12.3. The highest BCUT2D eigenvalue weighted by molar-refractivity contribution is 9.10. The third kappa shape index (κ3) is 5.36. The van der Waals surface area contributed by atoms with Crippen molar-refractivity contribution in [2.45, 2.75) is 25.9 Å². The summed E-state index contributed by atoms with van der Waals surface area (Å²) in [7, 11) is 0. The summed E-state index contributed by atoms with van der Waals surface area (Å²) in [6, 6.07) is 6.52. The van der Waals surface area contributed by atoms with Crippen LogP contribution in [0.4, 0.5) is 13.2 Å². The van der Waals surface area contributed by atoms with Crippen molar-refractivity contribution in [2.75, 3.05) is 6.61 Å². The average molecular weight is 351 g/mol. The fourth-order valence-electron chi connectivity index (χ4n) is 1.35. The minimum absolute atomic E-state index is 0.0618. The fourth-order valence-corrected chi connectivity index (χ4v) is 1.61. The molecule has 0 aromatic heterocycles. The predicted octanol–water partition coefficient (Wildman–Crippen LogP) is 4.74. The van der Waals surface area contributed by atoms with Crippen LogP contribution in [0.1, 0.15) is 25.3 Å². The molecule has 110 valence electrons. The van der Waals surface area contributed by atoms with Crippen molar-refractivity contribution in [1.29, 1.82) is 0 Å². The predicted molar refractivity (Wildman–Crippen MR) is 74.0 cm³/mol. The lowest BCUT2D eigenvalue weighted by Crippen LogP contribution is -2.20.